The molecule has 0 saturated carbocycles. The fourth-order valence-corrected chi connectivity index (χ4v) is 4.31. The number of morpholine rings is 1. The van der Waals surface area contributed by atoms with E-state index in [-0.39, 0.29) is 23.5 Å². The minimum atomic E-state index is -0.278. The maximum atomic E-state index is 12.8. The Balaban J connectivity index is 1.31. The minimum absolute atomic E-state index is 0.0120. The maximum absolute atomic E-state index is 12.8. The number of carbonyl (C=O) groups is 2. The summed E-state index contributed by atoms with van der Waals surface area (Å²) in [7, 11) is 0. The van der Waals surface area contributed by atoms with E-state index < -0.39 is 0 Å². The molecule has 2 aromatic rings. The number of ether oxygens (including phenoxy) is 2. The van der Waals surface area contributed by atoms with Gasteiger partial charge in [-0.05, 0) is 29.8 Å². The van der Waals surface area contributed by atoms with E-state index in [1.807, 2.05) is 54.3 Å². The molecule has 0 aromatic heterocycles. The third-order valence-electron chi connectivity index (χ3n) is 5.80. The van der Waals surface area contributed by atoms with Crippen LogP contribution in [0.2, 0.25) is 0 Å². The Labute approximate surface area is 171 Å². The molecule has 4 rings (SSSR count). The largest absolute Gasteiger partial charge is 0.381 e. The van der Waals surface area contributed by atoms with Crippen molar-refractivity contribution in [3.8, 4) is 0 Å². The second kappa shape index (κ2) is 8.51. The molecule has 154 valence electrons. The number of carbonyl (C=O) groups excluding carboxylic acids is 2. The molecule has 2 amide bonds. The van der Waals surface area contributed by atoms with E-state index >= 15 is 0 Å². The zero-order valence-electron chi connectivity index (χ0n) is 16.9. The molecule has 1 N–H and O–H groups in total. The highest BCUT2D eigenvalue weighted by molar-refractivity contribution is 5.98. The van der Waals surface area contributed by atoms with Crippen LogP contribution in [0.4, 0.5) is 0 Å². The average Bonchev–Trinajstić information content (AvgIpc) is 2.73. The average molecular weight is 396 g/mol. The summed E-state index contributed by atoms with van der Waals surface area (Å²) < 4.78 is 11.6. The van der Waals surface area contributed by atoms with Gasteiger partial charge >= 0.3 is 0 Å². The van der Waals surface area contributed by atoms with Crippen LogP contribution in [0.5, 0.6) is 0 Å². The van der Waals surface area contributed by atoms with E-state index in [0.717, 1.165) is 23.6 Å². The van der Waals surface area contributed by atoms with Gasteiger partial charge in [0.1, 0.15) is 0 Å². The monoisotopic (exact) mass is 396 g/mol. The van der Waals surface area contributed by atoms with Crippen LogP contribution in [-0.4, -0.2) is 61.3 Å². The van der Waals surface area contributed by atoms with Crippen molar-refractivity contribution in [1.82, 2.24) is 10.2 Å². The van der Waals surface area contributed by atoms with Gasteiger partial charge in [-0.3, -0.25) is 9.59 Å². The quantitative estimate of drug-likeness (QED) is 0.863. The summed E-state index contributed by atoms with van der Waals surface area (Å²) >= 11 is 0. The number of hydrogen-bond donors (Lipinski definition) is 1. The molecule has 2 fully saturated rings. The van der Waals surface area contributed by atoms with Gasteiger partial charge in [-0.1, -0.05) is 30.3 Å². The van der Waals surface area contributed by atoms with Crippen LogP contribution in [0.1, 0.15) is 36.5 Å². The molecular formula is C23H28N2O4. The number of benzene rings is 2. The van der Waals surface area contributed by atoms with Crippen molar-refractivity contribution in [3.05, 3.63) is 48.0 Å². The highest BCUT2D eigenvalue weighted by Crippen LogP contribution is 2.31. The van der Waals surface area contributed by atoms with E-state index in [1.165, 1.54) is 0 Å². The Kier molecular flexibility index (Phi) is 5.83. The Morgan fingerprint density at radius 1 is 1.14 bits per heavy atom. The highest BCUT2D eigenvalue weighted by Gasteiger charge is 2.41. The lowest BCUT2D eigenvalue weighted by atomic mass is 9.91. The summed E-state index contributed by atoms with van der Waals surface area (Å²) in [5.74, 6) is -0.0929. The molecule has 0 radical (unpaired) electrons. The van der Waals surface area contributed by atoms with Gasteiger partial charge in [-0.25, -0.2) is 0 Å². The molecule has 2 aromatic carbocycles. The third kappa shape index (κ3) is 4.60. The predicted molar refractivity (Wildman–Crippen MR) is 111 cm³/mol. The van der Waals surface area contributed by atoms with Crippen LogP contribution in [0.15, 0.2) is 42.5 Å². The van der Waals surface area contributed by atoms with Crippen LogP contribution >= 0.6 is 0 Å². The molecule has 6 nitrogen and oxygen atoms in total. The Morgan fingerprint density at radius 2 is 1.90 bits per heavy atom. The summed E-state index contributed by atoms with van der Waals surface area (Å²) in [6.45, 7) is 4.90. The number of hydrogen-bond acceptors (Lipinski definition) is 4. The van der Waals surface area contributed by atoms with Crippen molar-refractivity contribution in [2.45, 2.75) is 37.9 Å². The zero-order valence-corrected chi connectivity index (χ0v) is 16.9. The first-order valence-corrected chi connectivity index (χ1v) is 10.4. The Morgan fingerprint density at radius 3 is 2.69 bits per heavy atom. The third-order valence-corrected chi connectivity index (χ3v) is 5.80. The molecule has 2 saturated heterocycles. The molecule has 2 heterocycles. The van der Waals surface area contributed by atoms with Crippen LogP contribution in [0, 0.1) is 0 Å². The molecule has 1 unspecified atom stereocenters. The second-order valence-corrected chi connectivity index (χ2v) is 8.07. The molecular weight excluding hydrogens is 368 g/mol. The van der Waals surface area contributed by atoms with Gasteiger partial charge in [-0.15, -0.1) is 0 Å². The minimum Gasteiger partial charge on any atom is -0.381 e. The number of amides is 2. The molecule has 29 heavy (non-hydrogen) atoms. The van der Waals surface area contributed by atoms with Gasteiger partial charge in [0, 0.05) is 57.7 Å². The molecule has 1 atom stereocenters. The summed E-state index contributed by atoms with van der Waals surface area (Å²) in [4.78, 5) is 27.1. The van der Waals surface area contributed by atoms with E-state index in [1.54, 1.807) is 0 Å². The van der Waals surface area contributed by atoms with Gasteiger partial charge in [0.25, 0.3) is 5.91 Å². The summed E-state index contributed by atoms with van der Waals surface area (Å²) in [6, 6.07) is 13.6. The molecule has 2 aliphatic rings. The van der Waals surface area contributed by atoms with Crippen LogP contribution in [0.3, 0.4) is 0 Å². The highest BCUT2D eigenvalue weighted by atomic mass is 16.5. The number of nitrogens with one attached hydrogen (secondary N) is 1. The van der Waals surface area contributed by atoms with Crippen molar-refractivity contribution >= 4 is 22.6 Å². The van der Waals surface area contributed by atoms with Crippen molar-refractivity contribution in [2.24, 2.45) is 0 Å². The van der Waals surface area contributed by atoms with Crippen LogP contribution in [0.25, 0.3) is 10.8 Å². The lowest BCUT2D eigenvalue weighted by molar-refractivity contribution is -0.189. The standard InChI is InChI=1S/C23H28N2O4/c1-17-15-25(16-23(29-17)9-12-28-13-10-23)21(26)8-11-24-22(27)20-7-6-18-4-2-3-5-19(18)14-20/h2-7,14,17H,8-13,15-16H2,1H3,(H,24,27). The predicted octanol–water partition coefficient (Wildman–Crippen LogP) is 2.76. The van der Waals surface area contributed by atoms with Gasteiger partial charge in [0.2, 0.25) is 5.91 Å². The molecule has 0 aliphatic carbocycles. The molecule has 0 bridgehead atoms. The SMILES string of the molecule is CC1CN(C(=O)CCNC(=O)c2ccc3ccccc3c2)CC2(CCOCC2)O1. The second-order valence-electron chi connectivity index (χ2n) is 8.07. The maximum Gasteiger partial charge on any atom is 0.251 e. The van der Waals surface area contributed by atoms with E-state index in [0.29, 0.717) is 44.8 Å². The topological polar surface area (TPSA) is 67.9 Å². The first kappa shape index (κ1) is 19.9. The van der Waals surface area contributed by atoms with Gasteiger partial charge in [0.15, 0.2) is 0 Å². The normalized spacial score (nSPS) is 21.3. The fourth-order valence-electron chi connectivity index (χ4n) is 4.31. The lowest BCUT2D eigenvalue weighted by Crippen LogP contribution is -2.58. The van der Waals surface area contributed by atoms with Crippen molar-refractivity contribution in [3.63, 3.8) is 0 Å². The van der Waals surface area contributed by atoms with E-state index in [4.69, 9.17) is 9.47 Å². The van der Waals surface area contributed by atoms with Gasteiger partial charge < -0.3 is 19.7 Å². The lowest BCUT2D eigenvalue weighted by Gasteiger charge is -2.47. The number of rotatable bonds is 4. The number of fused-ring (bicyclic) bond motifs is 1. The zero-order chi connectivity index (χ0) is 20.3. The van der Waals surface area contributed by atoms with Crippen LogP contribution < -0.4 is 5.32 Å². The first-order chi connectivity index (χ1) is 14.0. The summed E-state index contributed by atoms with van der Waals surface area (Å²) in [5, 5.41) is 5.01. The van der Waals surface area contributed by atoms with Crippen LogP contribution in [-0.2, 0) is 14.3 Å². The molecule has 2 aliphatic heterocycles. The van der Waals surface area contributed by atoms with Crippen molar-refractivity contribution in [1.29, 1.82) is 0 Å². The summed E-state index contributed by atoms with van der Waals surface area (Å²) in [5.41, 5.74) is 0.331. The fraction of sp³-hybridized carbons (Fsp3) is 0.478. The van der Waals surface area contributed by atoms with Gasteiger partial charge in [-0.2, -0.15) is 0 Å². The van der Waals surface area contributed by atoms with Crippen molar-refractivity contribution < 1.29 is 19.1 Å². The van der Waals surface area contributed by atoms with E-state index in [9.17, 15) is 9.59 Å². The van der Waals surface area contributed by atoms with Gasteiger partial charge in [0.05, 0.1) is 11.7 Å². The molecule has 1 spiro atoms. The molecule has 6 heteroatoms. The summed E-state index contributed by atoms with van der Waals surface area (Å²) in [6.07, 6.45) is 1.94. The first-order valence-electron chi connectivity index (χ1n) is 10.4. The Bertz CT molecular complexity index is 891. The van der Waals surface area contributed by atoms with E-state index in [2.05, 4.69) is 5.32 Å². The Hall–Kier alpha value is -2.44. The van der Waals surface area contributed by atoms with Crippen molar-refractivity contribution in [2.75, 3.05) is 32.8 Å². The smallest absolute Gasteiger partial charge is 0.251 e. The number of nitrogens with zero attached hydrogens (tertiary/aromatic N) is 1.